The van der Waals surface area contributed by atoms with Crippen LogP contribution in [0.3, 0.4) is 0 Å². The van der Waals surface area contributed by atoms with Crippen LogP contribution in [0, 0.1) is 6.92 Å². The first-order chi connectivity index (χ1) is 10.1. The van der Waals surface area contributed by atoms with Crippen molar-refractivity contribution in [3.63, 3.8) is 0 Å². The minimum atomic E-state index is -0.0893. The fourth-order valence-corrected chi connectivity index (χ4v) is 4.67. The second-order valence-corrected chi connectivity index (χ2v) is 8.19. The average molecular weight is 400 g/mol. The van der Waals surface area contributed by atoms with Crippen molar-refractivity contribution in [3.05, 3.63) is 38.1 Å². The normalized spacial score (nSPS) is 10.8. The number of nitrogens with one attached hydrogen (secondary N) is 1. The molecule has 3 rings (SSSR count). The predicted molar refractivity (Wildman–Crippen MR) is 92.3 cm³/mol. The Kier molecular flexibility index (Phi) is 4.48. The number of hydrogen-bond acceptors (Lipinski definition) is 6. The molecule has 3 aromatic rings. The Morgan fingerprint density at radius 3 is 2.90 bits per heavy atom. The van der Waals surface area contributed by atoms with E-state index in [4.69, 9.17) is 0 Å². The number of amides is 1. The van der Waals surface area contributed by atoms with Gasteiger partial charge in [-0.25, -0.2) is 9.97 Å². The molecule has 21 heavy (non-hydrogen) atoms. The van der Waals surface area contributed by atoms with Crippen LogP contribution in [0.4, 0.5) is 5.13 Å². The van der Waals surface area contributed by atoms with Crippen molar-refractivity contribution in [1.29, 1.82) is 0 Å². The van der Waals surface area contributed by atoms with Crippen LogP contribution in [0.2, 0.25) is 0 Å². The fraction of sp³-hybridized carbons (Fsp3) is 0.154. The molecule has 0 aliphatic carbocycles. The molecular formula is C13H10BrN3OS3. The lowest BCUT2D eigenvalue weighted by atomic mass is 10.3. The van der Waals surface area contributed by atoms with Gasteiger partial charge in [0.05, 0.1) is 17.0 Å². The van der Waals surface area contributed by atoms with Crippen LogP contribution in [-0.4, -0.2) is 15.9 Å². The first-order valence-electron chi connectivity index (χ1n) is 6.01. The van der Waals surface area contributed by atoms with Crippen molar-refractivity contribution >= 4 is 61.0 Å². The second kappa shape index (κ2) is 6.35. The third kappa shape index (κ3) is 3.76. The van der Waals surface area contributed by atoms with E-state index in [2.05, 4.69) is 31.2 Å². The number of aromatic nitrogens is 2. The summed E-state index contributed by atoms with van der Waals surface area (Å²) in [5.41, 5.74) is 0.783. The average Bonchev–Trinajstić information content (AvgIpc) is 3.12. The Balaban J connectivity index is 1.65. The summed E-state index contributed by atoms with van der Waals surface area (Å²) in [6, 6.07) is 2.03. The minimum absolute atomic E-state index is 0.0893. The number of nitrogens with zero attached hydrogens (tertiary/aromatic N) is 2. The van der Waals surface area contributed by atoms with Crippen LogP contribution in [0.1, 0.15) is 10.6 Å². The Labute approximate surface area is 142 Å². The Bertz CT molecular complexity index is 777. The van der Waals surface area contributed by atoms with Gasteiger partial charge < -0.3 is 5.32 Å². The molecule has 3 heterocycles. The molecular weight excluding hydrogens is 390 g/mol. The summed E-state index contributed by atoms with van der Waals surface area (Å²) in [7, 11) is 0. The van der Waals surface area contributed by atoms with Crippen molar-refractivity contribution in [2.75, 3.05) is 5.32 Å². The van der Waals surface area contributed by atoms with Crippen molar-refractivity contribution in [3.8, 4) is 9.88 Å². The molecule has 0 saturated heterocycles. The van der Waals surface area contributed by atoms with Gasteiger partial charge in [-0.1, -0.05) is 0 Å². The summed E-state index contributed by atoms with van der Waals surface area (Å²) in [6.07, 6.45) is 2.01. The highest BCUT2D eigenvalue weighted by Crippen LogP contribution is 2.32. The molecule has 0 atom stereocenters. The standard InChI is InChI=1S/C13H10BrN3OS3/c1-7-4-15-13(21-7)17-11(18)3-9-6-20-12(16-9)10-2-8(14)5-19-10/h2,4-6H,3H2,1H3,(H,15,17,18). The molecule has 0 bridgehead atoms. The van der Waals surface area contributed by atoms with E-state index in [-0.39, 0.29) is 12.3 Å². The highest BCUT2D eigenvalue weighted by atomic mass is 79.9. The second-order valence-electron chi connectivity index (χ2n) is 4.27. The molecule has 108 valence electrons. The third-order valence-electron chi connectivity index (χ3n) is 2.54. The van der Waals surface area contributed by atoms with Gasteiger partial charge in [-0.3, -0.25) is 4.79 Å². The molecule has 0 fully saturated rings. The first kappa shape index (κ1) is 14.8. The van der Waals surface area contributed by atoms with Gasteiger partial charge >= 0.3 is 0 Å². The maximum Gasteiger partial charge on any atom is 0.232 e. The molecule has 1 amide bonds. The number of halogens is 1. The van der Waals surface area contributed by atoms with Crippen molar-refractivity contribution in [2.45, 2.75) is 13.3 Å². The zero-order valence-electron chi connectivity index (χ0n) is 10.9. The van der Waals surface area contributed by atoms with E-state index in [0.29, 0.717) is 5.13 Å². The summed E-state index contributed by atoms with van der Waals surface area (Å²) >= 11 is 8.09. The number of carbonyl (C=O) groups excluding carboxylic acids is 1. The lowest BCUT2D eigenvalue weighted by molar-refractivity contribution is -0.115. The highest BCUT2D eigenvalue weighted by Gasteiger charge is 2.11. The van der Waals surface area contributed by atoms with E-state index in [1.165, 1.54) is 11.3 Å². The van der Waals surface area contributed by atoms with E-state index >= 15 is 0 Å². The molecule has 1 N–H and O–H groups in total. The summed E-state index contributed by atoms with van der Waals surface area (Å²) in [6.45, 7) is 1.96. The zero-order chi connectivity index (χ0) is 14.8. The lowest BCUT2D eigenvalue weighted by Crippen LogP contribution is -2.14. The quantitative estimate of drug-likeness (QED) is 0.698. The molecule has 0 aromatic carbocycles. The number of thiophene rings is 1. The number of rotatable bonds is 4. The molecule has 0 spiro atoms. The van der Waals surface area contributed by atoms with E-state index in [0.717, 1.165) is 24.9 Å². The summed E-state index contributed by atoms with van der Waals surface area (Å²) in [5, 5.41) is 8.32. The van der Waals surface area contributed by atoms with Crippen molar-refractivity contribution in [1.82, 2.24) is 9.97 Å². The largest absolute Gasteiger partial charge is 0.302 e. The Hall–Kier alpha value is -1.09. The third-order valence-corrected chi connectivity index (χ3v) is 6.12. The topological polar surface area (TPSA) is 54.9 Å². The molecule has 0 aliphatic rings. The smallest absolute Gasteiger partial charge is 0.232 e. The molecule has 0 unspecified atom stereocenters. The van der Waals surface area contributed by atoms with Crippen molar-refractivity contribution in [2.24, 2.45) is 0 Å². The molecule has 4 nitrogen and oxygen atoms in total. The fourth-order valence-electron chi connectivity index (χ4n) is 1.67. The van der Waals surface area contributed by atoms with E-state index in [9.17, 15) is 4.79 Å². The van der Waals surface area contributed by atoms with Crippen LogP contribution in [0.15, 0.2) is 27.5 Å². The number of anilines is 1. The highest BCUT2D eigenvalue weighted by molar-refractivity contribution is 9.10. The predicted octanol–water partition coefficient (Wildman–Crippen LogP) is 4.58. The summed E-state index contributed by atoms with van der Waals surface area (Å²) in [4.78, 5) is 22.8. The van der Waals surface area contributed by atoms with Crippen LogP contribution < -0.4 is 5.32 Å². The number of carbonyl (C=O) groups is 1. The monoisotopic (exact) mass is 399 g/mol. The summed E-state index contributed by atoms with van der Waals surface area (Å²) in [5.74, 6) is -0.0893. The van der Waals surface area contributed by atoms with Gasteiger partial charge in [0.1, 0.15) is 5.01 Å². The van der Waals surface area contributed by atoms with E-state index in [1.807, 2.05) is 23.8 Å². The minimum Gasteiger partial charge on any atom is -0.302 e. The number of aryl methyl sites for hydroxylation is 1. The first-order valence-corrected chi connectivity index (χ1v) is 9.38. The Morgan fingerprint density at radius 1 is 1.38 bits per heavy atom. The zero-order valence-corrected chi connectivity index (χ0v) is 15.0. The summed E-state index contributed by atoms with van der Waals surface area (Å²) < 4.78 is 1.05. The van der Waals surface area contributed by atoms with Gasteiger partial charge in [-0.05, 0) is 28.9 Å². The van der Waals surface area contributed by atoms with Crippen molar-refractivity contribution < 1.29 is 4.79 Å². The molecule has 0 saturated carbocycles. The molecule has 8 heteroatoms. The molecule has 0 radical (unpaired) electrons. The van der Waals surface area contributed by atoms with Gasteiger partial charge in [-0.2, -0.15) is 0 Å². The Morgan fingerprint density at radius 2 is 2.24 bits per heavy atom. The van der Waals surface area contributed by atoms with Crippen LogP contribution in [0.5, 0.6) is 0 Å². The van der Waals surface area contributed by atoms with Gasteiger partial charge in [0, 0.05) is 26.3 Å². The van der Waals surface area contributed by atoms with E-state index in [1.54, 1.807) is 28.9 Å². The van der Waals surface area contributed by atoms with E-state index < -0.39 is 0 Å². The van der Waals surface area contributed by atoms with Crippen LogP contribution >= 0.6 is 49.9 Å². The lowest BCUT2D eigenvalue weighted by Gasteiger charge is -1.98. The number of thiazole rings is 2. The van der Waals surface area contributed by atoms with Gasteiger partial charge in [-0.15, -0.1) is 34.0 Å². The van der Waals surface area contributed by atoms with Gasteiger partial charge in [0.25, 0.3) is 0 Å². The van der Waals surface area contributed by atoms with Gasteiger partial charge in [0.2, 0.25) is 5.91 Å². The van der Waals surface area contributed by atoms with Crippen LogP contribution in [0.25, 0.3) is 9.88 Å². The van der Waals surface area contributed by atoms with Crippen LogP contribution in [-0.2, 0) is 11.2 Å². The SMILES string of the molecule is Cc1cnc(NC(=O)Cc2csc(-c3cc(Br)cs3)n2)s1. The maximum atomic E-state index is 12.0. The molecule has 3 aromatic heterocycles. The maximum absolute atomic E-state index is 12.0. The number of hydrogen-bond donors (Lipinski definition) is 1. The molecule has 0 aliphatic heterocycles. The van der Waals surface area contributed by atoms with Gasteiger partial charge in [0.15, 0.2) is 5.13 Å².